The molecule has 1 aliphatic carbocycles. The van der Waals surface area contributed by atoms with Gasteiger partial charge in [-0.3, -0.25) is 9.59 Å². The van der Waals surface area contributed by atoms with Crippen molar-refractivity contribution in [3.8, 4) is 11.1 Å². The highest BCUT2D eigenvalue weighted by atomic mass is 16.5. The quantitative estimate of drug-likeness (QED) is 0.604. The molecule has 0 saturated carbocycles. The van der Waals surface area contributed by atoms with Gasteiger partial charge < -0.3 is 20.1 Å². The maximum absolute atomic E-state index is 13.1. The van der Waals surface area contributed by atoms with Crippen molar-refractivity contribution < 1.29 is 24.2 Å². The lowest BCUT2D eigenvalue weighted by molar-refractivity contribution is -0.149. The minimum absolute atomic E-state index is 0.00907. The molecule has 1 heterocycles. The smallest absolute Gasteiger partial charge is 0.407 e. The topological polar surface area (TPSA) is 95.9 Å². The normalized spacial score (nSPS) is 20.2. The summed E-state index contributed by atoms with van der Waals surface area (Å²) in [4.78, 5) is 39.0. The van der Waals surface area contributed by atoms with Gasteiger partial charge in [-0.25, -0.2) is 4.79 Å². The summed E-state index contributed by atoms with van der Waals surface area (Å²) >= 11 is 0. The number of carboxylic acid groups (broad SMARTS) is 1. The number of alkyl carbamates (subject to hydrolysis) is 1. The molecular formula is C28H34N2O5. The summed E-state index contributed by atoms with van der Waals surface area (Å²) in [6, 6.07) is 15.6. The van der Waals surface area contributed by atoms with E-state index in [1.165, 1.54) is 0 Å². The second kappa shape index (κ2) is 10.5. The summed E-state index contributed by atoms with van der Waals surface area (Å²) in [5, 5.41) is 12.3. The van der Waals surface area contributed by atoms with Crippen LogP contribution in [0.25, 0.3) is 11.1 Å². The maximum atomic E-state index is 13.1. The number of rotatable bonds is 7. The SMILES string of the molecule is CC(C)[C@H](CC(=O)N1CCC[C@H](C(=O)O)[C@@H]1C)NC(=O)OCC1c2ccccc2-c2ccccc21. The summed E-state index contributed by atoms with van der Waals surface area (Å²) in [5.41, 5.74) is 4.62. The number of carboxylic acids is 1. The van der Waals surface area contributed by atoms with Gasteiger partial charge in [0.05, 0.1) is 5.92 Å². The molecule has 2 aliphatic rings. The Morgan fingerprint density at radius 2 is 1.66 bits per heavy atom. The summed E-state index contributed by atoms with van der Waals surface area (Å²) in [6.07, 6.45) is 0.803. The largest absolute Gasteiger partial charge is 0.481 e. The van der Waals surface area contributed by atoms with Crippen LogP contribution in [0.2, 0.25) is 0 Å². The van der Waals surface area contributed by atoms with Gasteiger partial charge in [0, 0.05) is 31.0 Å². The van der Waals surface area contributed by atoms with Gasteiger partial charge in [0.2, 0.25) is 5.91 Å². The van der Waals surface area contributed by atoms with Gasteiger partial charge >= 0.3 is 12.1 Å². The van der Waals surface area contributed by atoms with E-state index >= 15 is 0 Å². The zero-order chi connectivity index (χ0) is 25.1. The van der Waals surface area contributed by atoms with Crippen LogP contribution >= 0.6 is 0 Å². The van der Waals surface area contributed by atoms with Gasteiger partial charge in [-0.15, -0.1) is 0 Å². The lowest BCUT2D eigenvalue weighted by Crippen LogP contribution is -2.51. The van der Waals surface area contributed by atoms with E-state index in [9.17, 15) is 19.5 Å². The second-order valence-electron chi connectivity index (χ2n) is 9.94. The van der Waals surface area contributed by atoms with E-state index in [4.69, 9.17) is 4.74 Å². The number of ether oxygens (including phenoxy) is 1. The average Bonchev–Trinajstić information content (AvgIpc) is 3.16. The van der Waals surface area contributed by atoms with E-state index in [2.05, 4.69) is 29.6 Å². The van der Waals surface area contributed by atoms with Crippen molar-refractivity contribution in [3.63, 3.8) is 0 Å². The molecule has 0 radical (unpaired) electrons. The number of nitrogens with zero attached hydrogens (tertiary/aromatic N) is 1. The number of benzene rings is 2. The number of carbonyl (C=O) groups excluding carboxylic acids is 2. The third-order valence-electron chi connectivity index (χ3n) is 7.47. The lowest BCUT2D eigenvalue weighted by Gasteiger charge is -2.38. The molecule has 0 aromatic heterocycles. The molecule has 0 unspecified atom stereocenters. The van der Waals surface area contributed by atoms with E-state index in [0.29, 0.717) is 19.4 Å². The number of hydrogen-bond donors (Lipinski definition) is 2. The van der Waals surface area contributed by atoms with Crippen LogP contribution < -0.4 is 5.32 Å². The number of carbonyl (C=O) groups is 3. The van der Waals surface area contributed by atoms with Crippen molar-refractivity contribution in [2.45, 2.75) is 58.0 Å². The van der Waals surface area contributed by atoms with Crippen LogP contribution in [0.4, 0.5) is 4.79 Å². The summed E-state index contributed by atoms with van der Waals surface area (Å²) in [6.45, 7) is 6.43. The lowest BCUT2D eigenvalue weighted by atomic mass is 9.89. The molecule has 1 fully saturated rings. The van der Waals surface area contributed by atoms with Gasteiger partial charge in [0.15, 0.2) is 0 Å². The Kier molecular flexibility index (Phi) is 7.43. The fourth-order valence-electron chi connectivity index (χ4n) is 5.38. The van der Waals surface area contributed by atoms with Gasteiger partial charge in [-0.2, -0.15) is 0 Å². The predicted molar refractivity (Wildman–Crippen MR) is 133 cm³/mol. The van der Waals surface area contributed by atoms with Crippen molar-refractivity contribution in [1.82, 2.24) is 10.2 Å². The Morgan fingerprint density at radius 1 is 1.06 bits per heavy atom. The van der Waals surface area contributed by atoms with Gasteiger partial charge in [-0.05, 0) is 47.9 Å². The highest BCUT2D eigenvalue weighted by Gasteiger charge is 2.36. The van der Waals surface area contributed by atoms with Crippen LogP contribution in [0.1, 0.15) is 57.1 Å². The molecule has 2 amide bonds. The number of piperidine rings is 1. The van der Waals surface area contributed by atoms with Crippen LogP contribution in [-0.2, 0) is 14.3 Å². The molecule has 186 valence electrons. The van der Waals surface area contributed by atoms with Crippen LogP contribution in [-0.4, -0.2) is 53.2 Å². The zero-order valence-corrected chi connectivity index (χ0v) is 20.6. The van der Waals surface area contributed by atoms with Crippen LogP contribution in [0.3, 0.4) is 0 Å². The molecule has 2 N–H and O–H groups in total. The van der Waals surface area contributed by atoms with Crippen molar-refractivity contribution >= 4 is 18.0 Å². The Balaban J connectivity index is 1.38. The highest BCUT2D eigenvalue weighted by Crippen LogP contribution is 2.44. The fourth-order valence-corrected chi connectivity index (χ4v) is 5.38. The number of fused-ring (bicyclic) bond motifs is 3. The molecule has 35 heavy (non-hydrogen) atoms. The molecule has 7 heteroatoms. The molecule has 1 aliphatic heterocycles. The number of aliphatic carboxylic acids is 1. The Labute approximate surface area is 206 Å². The summed E-state index contributed by atoms with van der Waals surface area (Å²) in [7, 11) is 0. The molecule has 1 saturated heterocycles. The van der Waals surface area contributed by atoms with E-state index in [0.717, 1.165) is 22.3 Å². The number of likely N-dealkylation sites (tertiary alicyclic amines) is 1. The molecule has 3 atom stereocenters. The molecule has 2 aromatic carbocycles. The molecule has 0 spiro atoms. The Hall–Kier alpha value is -3.35. The van der Waals surface area contributed by atoms with Crippen molar-refractivity contribution in [3.05, 3.63) is 59.7 Å². The van der Waals surface area contributed by atoms with Crippen molar-refractivity contribution in [2.24, 2.45) is 11.8 Å². The highest BCUT2D eigenvalue weighted by molar-refractivity contribution is 5.81. The van der Waals surface area contributed by atoms with Crippen LogP contribution in [0, 0.1) is 11.8 Å². The summed E-state index contributed by atoms with van der Waals surface area (Å²) < 4.78 is 5.66. The Bertz CT molecular complexity index is 1050. The first kappa shape index (κ1) is 24.8. The zero-order valence-electron chi connectivity index (χ0n) is 20.6. The first-order chi connectivity index (χ1) is 16.8. The van der Waals surface area contributed by atoms with Gasteiger partial charge in [0.1, 0.15) is 6.61 Å². The minimum atomic E-state index is -0.868. The molecule has 0 bridgehead atoms. The number of nitrogens with one attached hydrogen (secondary N) is 1. The van der Waals surface area contributed by atoms with E-state index in [1.807, 2.05) is 38.1 Å². The van der Waals surface area contributed by atoms with Crippen molar-refractivity contribution in [1.29, 1.82) is 0 Å². The molecule has 7 nitrogen and oxygen atoms in total. The third kappa shape index (κ3) is 5.19. The first-order valence-corrected chi connectivity index (χ1v) is 12.4. The monoisotopic (exact) mass is 478 g/mol. The van der Waals surface area contributed by atoms with Gasteiger partial charge in [-0.1, -0.05) is 62.4 Å². The molecular weight excluding hydrogens is 444 g/mol. The van der Waals surface area contributed by atoms with E-state index in [-0.39, 0.29) is 36.8 Å². The standard InChI is InChI=1S/C28H34N2O5/c1-17(2)25(15-26(31)30-14-8-13-19(18(30)3)27(32)33)29-28(34)35-16-24-22-11-6-4-9-20(22)21-10-5-7-12-23(21)24/h4-7,9-12,17-19,24-25H,8,13-16H2,1-3H3,(H,29,34)(H,32,33)/t18-,19-,25-/m0/s1. The predicted octanol–water partition coefficient (Wildman–Crippen LogP) is 4.65. The van der Waals surface area contributed by atoms with Gasteiger partial charge in [0.25, 0.3) is 0 Å². The summed E-state index contributed by atoms with van der Waals surface area (Å²) in [5.74, 6) is -1.59. The Morgan fingerprint density at radius 3 is 2.23 bits per heavy atom. The first-order valence-electron chi connectivity index (χ1n) is 12.4. The average molecular weight is 479 g/mol. The second-order valence-corrected chi connectivity index (χ2v) is 9.94. The third-order valence-corrected chi connectivity index (χ3v) is 7.47. The minimum Gasteiger partial charge on any atom is -0.481 e. The van der Waals surface area contributed by atoms with Crippen molar-refractivity contribution in [2.75, 3.05) is 13.2 Å². The number of amides is 2. The molecule has 4 rings (SSSR count). The molecule has 2 aromatic rings. The van der Waals surface area contributed by atoms with E-state index in [1.54, 1.807) is 11.8 Å². The maximum Gasteiger partial charge on any atom is 0.407 e. The van der Waals surface area contributed by atoms with Crippen LogP contribution in [0.15, 0.2) is 48.5 Å². The van der Waals surface area contributed by atoms with Crippen LogP contribution in [0.5, 0.6) is 0 Å². The van der Waals surface area contributed by atoms with E-state index < -0.39 is 24.0 Å². The fraction of sp³-hybridized carbons (Fsp3) is 0.464. The number of hydrogen-bond acceptors (Lipinski definition) is 4.